The van der Waals surface area contributed by atoms with Gasteiger partial charge in [-0.3, -0.25) is 0 Å². The largest absolute Gasteiger partial charge is 0.382 e. The molecule has 2 heterocycles. The van der Waals surface area contributed by atoms with Gasteiger partial charge in [-0.1, -0.05) is 13.8 Å². The van der Waals surface area contributed by atoms with Crippen molar-refractivity contribution in [2.24, 2.45) is 0 Å². The Hall–Kier alpha value is -1.36. The van der Waals surface area contributed by atoms with Gasteiger partial charge in [-0.15, -0.1) is 10.2 Å². The Morgan fingerprint density at radius 3 is 2.35 bits per heavy atom. The monoisotopic (exact) mass is 236 g/mol. The molecule has 5 heteroatoms. The molecule has 1 saturated heterocycles. The minimum absolute atomic E-state index is 0.285. The Labute approximate surface area is 102 Å². The van der Waals surface area contributed by atoms with E-state index in [2.05, 4.69) is 28.9 Å². The van der Waals surface area contributed by atoms with Crippen molar-refractivity contribution in [3.05, 3.63) is 12.1 Å². The Morgan fingerprint density at radius 1 is 1.24 bits per heavy atom. The maximum Gasteiger partial charge on any atom is 0.151 e. The van der Waals surface area contributed by atoms with Crippen LogP contribution in [0, 0.1) is 0 Å². The van der Waals surface area contributed by atoms with E-state index >= 15 is 0 Å². The molecule has 1 aromatic rings. The summed E-state index contributed by atoms with van der Waals surface area (Å²) < 4.78 is 5.95. The van der Waals surface area contributed by atoms with Crippen molar-refractivity contribution in [1.29, 1.82) is 0 Å². The van der Waals surface area contributed by atoms with Gasteiger partial charge in [-0.2, -0.15) is 0 Å². The molecule has 1 fully saturated rings. The Kier molecular flexibility index (Phi) is 3.78. The second-order valence-corrected chi connectivity index (χ2v) is 4.42. The molecule has 0 saturated carbocycles. The third-order valence-electron chi connectivity index (χ3n) is 3.14. The predicted molar refractivity (Wildman–Crippen MR) is 67.9 cm³/mol. The molecule has 0 bridgehead atoms. The average molecular weight is 236 g/mol. The van der Waals surface area contributed by atoms with Crippen molar-refractivity contribution in [1.82, 2.24) is 10.2 Å². The Morgan fingerprint density at radius 2 is 1.88 bits per heavy atom. The zero-order chi connectivity index (χ0) is 12.3. The normalized spacial score (nSPS) is 24.9. The minimum atomic E-state index is 0.285. The first-order valence-corrected chi connectivity index (χ1v) is 6.22. The third-order valence-corrected chi connectivity index (χ3v) is 3.14. The summed E-state index contributed by atoms with van der Waals surface area (Å²) in [7, 11) is 0. The summed E-state index contributed by atoms with van der Waals surface area (Å²) in [5, 5.41) is 8.04. The molecule has 1 aliphatic rings. The molecule has 0 amide bonds. The van der Waals surface area contributed by atoms with E-state index in [0.717, 1.165) is 31.7 Å². The van der Waals surface area contributed by atoms with Gasteiger partial charge in [0.15, 0.2) is 5.82 Å². The van der Waals surface area contributed by atoms with Gasteiger partial charge in [0.1, 0.15) is 5.82 Å². The van der Waals surface area contributed by atoms with E-state index in [4.69, 9.17) is 10.5 Å². The summed E-state index contributed by atoms with van der Waals surface area (Å²) in [5.74, 6) is 1.35. The smallest absolute Gasteiger partial charge is 0.151 e. The molecule has 0 radical (unpaired) electrons. The third kappa shape index (κ3) is 2.85. The lowest BCUT2D eigenvalue weighted by Crippen LogP contribution is -2.47. The lowest BCUT2D eigenvalue weighted by molar-refractivity contribution is -0.0288. The van der Waals surface area contributed by atoms with Crippen LogP contribution in [0.25, 0.3) is 0 Å². The number of rotatable bonds is 3. The molecule has 0 spiro atoms. The predicted octanol–water partition coefficient (Wildman–Crippen LogP) is 1.45. The highest BCUT2D eigenvalue weighted by atomic mass is 16.5. The van der Waals surface area contributed by atoms with Crippen molar-refractivity contribution in [3.8, 4) is 0 Å². The highest BCUT2D eigenvalue weighted by molar-refractivity contribution is 5.42. The maximum absolute atomic E-state index is 5.95. The highest BCUT2D eigenvalue weighted by Crippen LogP contribution is 2.20. The van der Waals surface area contributed by atoms with Gasteiger partial charge < -0.3 is 15.4 Å². The zero-order valence-electron chi connectivity index (χ0n) is 10.5. The maximum atomic E-state index is 5.95. The summed E-state index contributed by atoms with van der Waals surface area (Å²) in [4.78, 5) is 2.23. The molecule has 0 aliphatic carbocycles. The van der Waals surface area contributed by atoms with E-state index < -0.39 is 0 Å². The van der Waals surface area contributed by atoms with Gasteiger partial charge in [0.25, 0.3) is 0 Å². The Bertz CT molecular complexity index is 342. The van der Waals surface area contributed by atoms with Gasteiger partial charge in [-0.25, -0.2) is 0 Å². The number of nitrogens with two attached hydrogens (primary N) is 1. The topological polar surface area (TPSA) is 64.3 Å². The standard InChI is InChI=1S/C12H20N4O/c1-3-9-7-16(8-10(4-2)17-9)12-6-5-11(13)14-15-12/h5-6,9-10H,3-4,7-8H2,1-2H3,(H2,13,14). The quantitative estimate of drug-likeness (QED) is 0.860. The first-order valence-electron chi connectivity index (χ1n) is 6.22. The van der Waals surface area contributed by atoms with E-state index in [-0.39, 0.29) is 12.2 Å². The second kappa shape index (κ2) is 5.31. The first kappa shape index (κ1) is 12.1. The number of nitrogen functional groups attached to an aromatic ring is 1. The van der Waals surface area contributed by atoms with Crippen molar-refractivity contribution in [2.45, 2.75) is 38.9 Å². The summed E-state index contributed by atoms with van der Waals surface area (Å²) in [6.45, 7) is 6.06. The van der Waals surface area contributed by atoms with Crippen LogP contribution in [-0.4, -0.2) is 35.5 Å². The van der Waals surface area contributed by atoms with E-state index in [1.807, 2.05) is 6.07 Å². The van der Waals surface area contributed by atoms with Crippen LogP contribution < -0.4 is 10.6 Å². The first-order chi connectivity index (χ1) is 8.22. The Balaban J connectivity index is 2.11. The fourth-order valence-electron chi connectivity index (χ4n) is 2.07. The molecule has 5 nitrogen and oxygen atoms in total. The molecule has 0 aromatic carbocycles. The number of aromatic nitrogens is 2. The molecule has 2 rings (SSSR count). The van der Waals surface area contributed by atoms with Crippen LogP contribution in [0.5, 0.6) is 0 Å². The highest BCUT2D eigenvalue weighted by Gasteiger charge is 2.26. The van der Waals surface area contributed by atoms with Crippen molar-refractivity contribution < 1.29 is 4.74 Å². The number of nitrogens with zero attached hydrogens (tertiary/aromatic N) is 3. The SMILES string of the molecule is CCC1CN(c2ccc(N)nn2)CC(CC)O1. The molecular formula is C12H20N4O. The molecule has 94 valence electrons. The van der Waals surface area contributed by atoms with Crippen molar-refractivity contribution in [2.75, 3.05) is 23.7 Å². The second-order valence-electron chi connectivity index (χ2n) is 4.42. The number of morpholine rings is 1. The van der Waals surface area contributed by atoms with Crippen LogP contribution in [0.15, 0.2) is 12.1 Å². The van der Waals surface area contributed by atoms with Crippen molar-refractivity contribution >= 4 is 11.6 Å². The lowest BCUT2D eigenvalue weighted by Gasteiger charge is -2.38. The van der Waals surface area contributed by atoms with Crippen LogP contribution in [0.1, 0.15) is 26.7 Å². The summed E-state index contributed by atoms with van der Waals surface area (Å²) in [5.41, 5.74) is 5.55. The molecule has 2 atom stereocenters. The van der Waals surface area contributed by atoms with Crippen LogP contribution in [0.4, 0.5) is 11.6 Å². The van der Waals surface area contributed by atoms with Gasteiger partial charge in [0.2, 0.25) is 0 Å². The molecular weight excluding hydrogens is 216 g/mol. The molecule has 1 aliphatic heterocycles. The van der Waals surface area contributed by atoms with Crippen LogP contribution in [-0.2, 0) is 4.74 Å². The van der Waals surface area contributed by atoms with Gasteiger partial charge in [0.05, 0.1) is 12.2 Å². The van der Waals surface area contributed by atoms with Gasteiger partial charge in [-0.05, 0) is 25.0 Å². The van der Waals surface area contributed by atoms with E-state index in [1.54, 1.807) is 6.07 Å². The summed E-state index contributed by atoms with van der Waals surface area (Å²) in [6.07, 6.45) is 2.62. The average Bonchev–Trinajstić information content (AvgIpc) is 2.39. The van der Waals surface area contributed by atoms with Crippen LogP contribution >= 0.6 is 0 Å². The van der Waals surface area contributed by atoms with E-state index in [0.29, 0.717) is 5.82 Å². The summed E-state index contributed by atoms with van der Waals surface area (Å²) >= 11 is 0. The lowest BCUT2D eigenvalue weighted by atomic mass is 10.1. The number of hydrogen-bond donors (Lipinski definition) is 1. The van der Waals surface area contributed by atoms with Gasteiger partial charge >= 0.3 is 0 Å². The van der Waals surface area contributed by atoms with E-state index in [1.165, 1.54) is 0 Å². The fourth-order valence-corrected chi connectivity index (χ4v) is 2.07. The van der Waals surface area contributed by atoms with Crippen molar-refractivity contribution in [3.63, 3.8) is 0 Å². The van der Waals surface area contributed by atoms with Crippen LogP contribution in [0.3, 0.4) is 0 Å². The molecule has 2 unspecified atom stereocenters. The molecule has 2 N–H and O–H groups in total. The van der Waals surface area contributed by atoms with Gasteiger partial charge in [0, 0.05) is 13.1 Å². The number of ether oxygens (including phenoxy) is 1. The number of hydrogen-bond acceptors (Lipinski definition) is 5. The number of anilines is 2. The van der Waals surface area contributed by atoms with Crippen LogP contribution in [0.2, 0.25) is 0 Å². The summed E-state index contributed by atoms with van der Waals surface area (Å²) in [6, 6.07) is 3.72. The molecule has 1 aromatic heterocycles. The zero-order valence-corrected chi connectivity index (χ0v) is 10.5. The minimum Gasteiger partial charge on any atom is -0.382 e. The fraction of sp³-hybridized carbons (Fsp3) is 0.667. The molecule has 17 heavy (non-hydrogen) atoms. The van der Waals surface area contributed by atoms with E-state index in [9.17, 15) is 0 Å².